The summed E-state index contributed by atoms with van der Waals surface area (Å²) in [5, 5.41) is 2.79. The summed E-state index contributed by atoms with van der Waals surface area (Å²) < 4.78 is 0. The van der Waals surface area contributed by atoms with E-state index in [1.54, 1.807) is 24.4 Å². The van der Waals surface area contributed by atoms with E-state index in [4.69, 9.17) is 0 Å². The second kappa shape index (κ2) is 3.88. The monoisotopic (exact) mass is 200 g/mol. The molecule has 0 radical (unpaired) electrons. The Morgan fingerprint density at radius 2 is 2.00 bits per heavy atom. The Bertz CT molecular complexity index is 461. The van der Waals surface area contributed by atoms with Crippen LogP contribution in [0.15, 0.2) is 48.3 Å². The first-order valence-corrected chi connectivity index (χ1v) is 4.42. The Morgan fingerprint density at radius 3 is 2.73 bits per heavy atom. The minimum absolute atomic E-state index is 0.201. The van der Waals surface area contributed by atoms with E-state index in [1.165, 1.54) is 18.2 Å². The molecule has 4 heteroatoms. The first-order valence-electron chi connectivity index (χ1n) is 4.42. The van der Waals surface area contributed by atoms with Crippen molar-refractivity contribution in [3.8, 4) is 0 Å². The molecule has 1 heterocycles. The van der Waals surface area contributed by atoms with Crippen molar-refractivity contribution in [3.63, 3.8) is 0 Å². The first kappa shape index (κ1) is 9.33. The van der Waals surface area contributed by atoms with E-state index >= 15 is 0 Å². The molecule has 0 unspecified atom stereocenters. The lowest BCUT2D eigenvalue weighted by molar-refractivity contribution is -0.114. The van der Waals surface area contributed by atoms with E-state index < -0.39 is 0 Å². The van der Waals surface area contributed by atoms with E-state index in [1.807, 2.05) is 0 Å². The minimum Gasteiger partial charge on any atom is -0.337 e. The summed E-state index contributed by atoms with van der Waals surface area (Å²) >= 11 is 0. The number of nitrogens with zero attached hydrogens (tertiary/aromatic N) is 1. The predicted molar refractivity (Wildman–Crippen MR) is 55.1 cm³/mol. The van der Waals surface area contributed by atoms with Crippen LogP contribution in [0, 0.1) is 0 Å². The molecule has 0 saturated heterocycles. The third kappa shape index (κ3) is 2.17. The second-order valence-electron chi connectivity index (χ2n) is 3.00. The Kier molecular flexibility index (Phi) is 2.41. The summed E-state index contributed by atoms with van der Waals surface area (Å²) in [5.74, 6) is 0.119. The molecular weight excluding hydrogens is 192 g/mol. The second-order valence-corrected chi connectivity index (χ2v) is 3.00. The van der Waals surface area contributed by atoms with Gasteiger partial charge in [-0.15, -0.1) is 0 Å². The van der Waals surface area contributed by atoms with Crippen LogP contribution >= 0.6 is 0 Å². The summed E-state index contributed by atoms with van der Waals surface area (Å²) in [4.78, 5) is 26.4. The molecule has 0 bridgehead atoms. The zero-order chi connectivity index (χ0) is 10.7. The van der Waals surface area contributed by atoms with E-state index in [9.17, 15) is 9.59 Å². The number of pyridine rings is 1. The van der Waals surface area contributed by atoms with Crippen molar-refractivity contribution in [1.82, 2.24) is 4.98 Å². The van der Waals surface area contributed by atoms with Gasteiger partial charge in [-0.3, -0.25) is 9.59 Å². The molecule has 15 heavy (non-hydrogen) atoms. The Balaban J connectivity index is 2.19. The van der Waals surface area contributed by atoms with Gasteiger partial charge in [0.2, 0.25) is 5.78 Å². The highest BCUT2D eigenvalue weighted by atomic mass is 16.1. The fourth-order valence-electron chi connectivity index (χ4n) is 1.18. The van der Waals surface area contributed by atoms with E-state index in [-0.39, 0.29) is 17.3 Å². The topological polar surface area (TPSA) is 59.1 Å². The molecule has 0 atom stereocenters. The van der Waals surface area contributed by atoms with Crippen LogP contribution in [0.25, 0.3) is 0 Å². The number of rotatable bonds is 2. The van der Waals surface area contributed by atoms with Gasteiger partial charge >= 0.3 is 0 Å². The number of ketones is 2. The van der Waals surface area contributed by atoms with Gasteiger partial charge in [0, 0.05) is 12.3 Å². The van der Waals surface area contributed by atoms with Gasteiger partial charge in [-0.1, -0.05) is 6.07 Å². The number of aromatic nitrogens is 1. The van der Waals surface area contributed by atoms with E-state index in [0.717, 1.165) is 0 Å². The summed E-state index contributed by atoms with van der Waals surface area (Å²) in [7, 11) is 0. The van der Waals surface area contributed by atoms with Gasteiger partial charge in [-0.2, -0.15) is 0 Å². The lowest BCUT2D eigenvalue weighted by Gasteiger charge is -2.08. The van der Waals surface area contributed by atoms with Crippen LogP contribution in [0.2, 0.25) is 0 Å². The summed E-state index contributed by atoms with van der Waals surface area (Å²) in [6, 6.07) is 5.28. The molecule has 1 aromatic rings. The molecule has 0 saturated carbocycles. The number of carbonyl (C=O) groups excluding carboxylic acids is 2. The van der Waals surface area contributed by atoms with Crippen molar-refractivity contribution in [2.24, 2.45) is 0 Å². The highest BCUT2D eigenvalue weighted by Crippen LogP contribution is 2.09. The number of allylic oxidation sites excluding steroid dienone is 3. The lowest BCUT2D eigenvalue weighted by Crippen LogP contribution is -2.15. The average molecular weight is 200 g/mol. The largest absolute Gasteiger partial charge is 0.337 e. The Hall–Kier alpha value is -2.23. The standard InChI is InChI=1S/C11H8N2O2/c14-8-4-5-10(15)9(7-8)13-11-3-1-2-6-12-11/h1-7H,(H,12,13). The number of nitrogens with one attached hydrogen (secondary N) is 1. The van der Waals surface area contributed by atoms with Crippen molar-refractivity contribution >= 4 is 17.4 Å². The van der Waals surface area contributed by atoms with Gasteiger partial charge in [0.25, 0.3) is 0 Å². The molecule has 0 spiro atoms. The van der Waals surface area contributed by atoms with Crippen LogP contribution in [0.3, 0.4) is 0 Å². The Labute approximate surface area is 86.3 Å². The van der Waals surface area contributed by atoms with Gasteiger partial charge in [0.05, 0.1) is 5.70 Å². The normalized spacial score (nSPS) is 15.1. The average Bonchev–Trinajstić information content (AvgIpc) is 2.25. The first-order chi connectivity index (χ1) is 7.25. The Morgan fingerprint density at radius 1 is 1.13 bits per heavy atom. The predicted octanol–water partition coefficient (Wildman–Crippen LogP) is 1.09. The molecular formula is C11H8N2O2. The minimum atomic E-state index is -0.222. The van der Waals surface area contributed by atoms with Gasteiger partial charge < -0.3 is 5.32 Å². The van der Waals surface area contributed by atoms with Crippen molar-refractivity contribution in [2.45, 2.75) is 0 Å². The van der Waals surface area contributed by atoms with Crippen LogP contribution in [-0.2, 0) is 9.59 Å². The molecule has 2 rings (SSSR count). The van der Waals surface area contributed by atoms with Crippen molar-refractivity contribution in [2.75, 3.05) is 5.32 Å². The SMILES string of the molecule is O=C1C=CC(=O)C(Nc2ccccn2)=C1. The maximum absolute atomic E-state index is 11.3. The van der Waals surface area contributed by atoms with Gasteiger partial charge in [0.1, 0.15) is 5.82 Å². The zero-order valence-corrected chi connectivity index (χ0v) is 7.81. The maximum atomic E-state index is 11.3. The summed E-state index contributed by atoms with van der Waals surface area (Å²) in [6.07, 6.45) is 5.35. The molecule has 1 aliphatic rings. The number of carbonyl (C=O) groups is 2. The van der Waals surface area contributed by atoms with E-state index in [0.29, 0.717) is 5.82 Å². The number of hydrogen-bond donors (Lipinski definition) is 1. The molecule has 0 fully saturated rings. The smallest absolute Gasteiger partial charge is 0.202 e. The van der Waals surface area contributed by atoms with Crippen molar-refractivity contribution in [3.05, 3.63) is 48.3 Å². The molecule has 1 aliphatic carbocycles. The van der Waals surface area contributed by atoms with Gasteiger partial charge in [-0.25, -0.2) is 4.98 Å². The van der Waals surface area contributed by atoms with Gasteiger partial charge in [0.15, 0.2) is 5.78 Å². The summed E-state index contributed by atoms with van der Waals surface area (Å²) in [5.41, 5.74) is 0.251. The fourth-order valence-corrected chi connectivity index (χ4v) is 1.18. The van der Waals surface area contributed by atoms with Crippen LogP contribution in [0.5, 0.6) is 0 Å². The van der Waals surface area contributed by atoms with Crippen molar-refractivity contribution in [1.29, 1.82) is 0 Å². The molecule has 1 N–H and O–H groups in total. The molecule has 4 nitrogen and oxygen atoms in total. The van der Waals surface area contributed by atoms with Crippen LogP contribution in [0.1, 0.15) is 0 Å². The third-order valence-electron chi connectivity index (χ3n) is 1.88. The van der Waals surface area contributed by atoms with Gasteiger partial charge in [-0.05, 0) is 24.3 Å². The van der Waals surface area contributed by atoms with Crippen LogP contribution in [0.4, 0.5) is 5.82 Å². The fraction of sp³-hybridized carbons (Fsp3) is 0. The number of anilines is 1. The van der Waals surface area contributed by atoms with E-state index in [2.05, 4.69) is 10.3 Å². The van der Waals surface area contributed by atoms with Crippen LogP contribution < -0.4 is 5.32 Å². The molecule has 0 amide bonds. The zero-order valence-electron chi connectivity index (χ0n) is 7.81. The lowest BCUT2D eigenvalue weighted by atomic mass is 10.1. The molecule has 1 aromatic heterocycles. The molecule has 74 valence electrons. The third-order valence-corrected chi connectivity index (χ3v) is 1.88. The maximum Gasteiger partial charge on any atom is 0.202 e. The highest BCUT2D eigenvalue weighted by molar-refractivity contribution is 6.18. The van der Waals surface area contributed by atoms with Crippen LogP contribution in [-0.4, -0.2) is 16.6 Å². The van der Waals surface area contributed by atoms with Crippen molar-refractivity contribution < 1.29 is 9.59 Å². The quantitative estimate of drug-likeness (QED) is 0.726. The molecule has 0 aliphatic heterocycles. The number of hydrogen-bond acceptors (Lipinski definition) is 4. The molecule has 0 aromatic carbocycles. The summed E-state index contributed by atoms with van der Waals surface area (Å²) in [6.45, 7) is 0. The highest BCUT2D eigenvalue weighted by Gasteiger charge is 2.13.